The van der Waals surface area contributed by atoms with Gasteiger partial charge in [0.15, 0.2) is 10.9 Å². The number of halogens is 1. The van der Waals surface area contributed by atoms with Crippen LogP contribution < -0.4 is 15.8 Å². The Morgan fingerprint density at radius 2 is 2.00 bits per heavy atom. The van der Waals surface area contributed by atoms with Gasteiger partial charge in [-0.2, -0.15) is 0 Å². The highest BCUT2D eigenvalue weighted by atomic mass is 32.1. The molecule has 0 aliphatic heterocycles. The van der Waals surface area contributed by atoms with Crippen LogP contribution in [0.5, 0.6) is 5.75 Å². The Morgan fingerprint density at radius 1 is 1.23 bits per heavy atom. The van der Waals surface area contributed by atoms with Gasteiger partial charge in [-0.25, -0.2) is 9.37 Å². The van der Waals surface area contributed by atoms with Crippen molar-refractivity contribution in [2.45, 2.75) is 13.0 Å². The van der Waals surface area contributed by atoms with Crippen LogP contribution in [-0.4, -0.2) is 16.8 Å². The number of furan rings is 1. The molecule has 3 N–H and O–H groups in total. The van der Waals surface area contributed by atoms with Crippen LogP contribution in [0.3, 0.4) is 0 Å². The van der Waals surface area contributed by atoms with E-state index >= 15 is 0 Å². The van der Waals surface area contributed by atoms with Crippen LogP contribution in [-0.2, 0) is 17.8 Å². The molecule has 0 spiro atoms. The van der Waals surface area contributed by atoms with E-state index in [1.54, 1.807) is 11.4 Å². The molecule has 0 atom stereocenters. The molecule has 134 valence electrons. The molecule has 0 aliphatic carbocycles. The van der Waals surface area contributed by atoms with Crippen LogP contribution in [0.2, 0.25) is 0 Å². The van der Waals surface area contributed by atoms with E-state index in [0.717, 1.165) is 0 Å². The highest BCUT2D eigenvalue weighted by Gasteiger charge is 2.14. The zero-order valence-electron chi connectivity index (χ0n) is 13.4. The predicted molar refractivity (Wildman–Crippen MR) is 92.4 cm³/mol. The molecule has 3 rings (SSSR count). The quantitative estimate of drug-likeness (QED) is 0.660. The van der Waals surface area contributed by atoms with E-state index in [1.165, 1.54) is 41.7 Å². The van der Waals surface area contributed by atoms with Gasteiger partial charge in [-0.05, 0) is 36.4 Å². The lowest BCUT2D eigenvalue weighted by Crippen LogP contribution is -2.14. The van der Waals surface area contributed by atoms with Gasteiger partial charge in [-0.15, -0.1) is 11.3 Å². The van der Waals surface area contributed by atoms with Crippen LogP contribution in [0.25, 0.3) is 0 Å². The minimum Gasteiger partial charge on any atom is -0.486 e. The first kappa shape index (κ1) is 17.6. The van der Waals surface area contributed by atoms with Gasteiger partial charge >= 0.3 is 0 Å². The zero-order chi connectivity index (χ0) is 18.5. The molecule has 2 heterocycles. The molecule has 7 nitrogen and oxygen atoms in total. The predicted octanol–water partition coefficient (Wildman–Crippen LogP) is 2.73. The van der Waals surface area contributed by atoms with E-state index in [4.69, 9.17) is 14.9 Å². The van der Waals surface area contributed by atoms with Gasteiger partial charge in [0.25, 0.3) is 5.91 Å². The Morgan fingerprint density at radius 3 is 2.73 bits per heavy atom. The topological polar surface area (TPSA) is 107 Å². The average Bonchev–Trinajstić information content (AvgIpc) is 3.23. The van der Waals surface area contributed by atoms with Gasteiger partial charge in [0.1, 0.15) is 23.9 Å². The number of hydrogen-bond donors (Lipinski definition) is 2. The molecule has 1 aromatic carbocycles. The average molecular weight is 375 g/mol. The highest BCUT2D eigenvalue weighted by molar-refractivity contribution is 7.14. The number of hydrogen-bond acceptors (Lipinski definition) is 6. The Kier molecular flexibility index (Phi) is 5.28. The van der Waals surface area contributed by atoms with Crippen molar-refractivity contribution >= 4 is 28.3 Å². The van der Waals surface area contributed by atoms with E-state index in [-0.39, 0.29) is 24.6 Å². The first-order valence-corrected chi connectivity index (χ1v) is 8.39. The normalized spacial score (nSPS) is 10.5. The molecule has 0 bridgehead atoms. The molecule has 2 aromatic heterocycles. The third-order valence-corrected chi connectivity index (χ3v) is 4.01. The number of nitrogens with two attached hydrogens (primary N) is 1. The molecular formula is C17H14FN3O4S. The fourth-order valence-electron chi connectivity index (χ4n) is 2.05. The maximum atomic E-state index is 12.8. The lowest BCUT2D eigenvalue weighted by Gasteiger charge is -2.03. The second-order valence-corrected chi connectivity index (χ2v) is 6.11. The lowest BCUT2D eigenvalue weighted by atomic mass is 10.3. The second-order valence-electron chi connectivity index (χ2n) is 5.25. The number of amides is 2. The van der Waals surface area contributed by atoms with Gasteiger partial charge in [0.2, 0.25) is 5.91 Å². The molecule has 9 heteroatoms. The SMILES string of the molecule is NC(=O)Cc1csc(NC(=O)c2ccc(COc3ccc(F)cc3)o2)n1. The van der Waals surface area contributed by atoms with Crippen LogP contribution in [0.4, 0.5) is 9.52 Å². The van der Waals surface area contributed by atoms with E-state index in [1.807, 2.05) is 0 Å². The monoisotopic (exact) mass is 375 g/mol. The fourth-order valence-corrected chi connectivity index (χ4v) is 2.75. The molecular weight excluding hydrogens is 361 g/mol. The summed E-state index contributed by atoms with van der Waals surface area (Å²) in [5.74, 6) is -0.306. The van der Waals surface area contributed by atoms with Gasteiger partial charge < -0.3 is 14.9 Å². The lowest BCUT2D eigenvalue weighted by molar-refractivity contribution is -0.117. The first-order chi connectivity index (χ1) is 12.5. The molecule has 0 saturated carbocycles. The van der Waals surface area contributed by atoms with Crippen molar-refractivity contribution in [3.05, 3.63) is 64.8 Å². The van der Waals surface area contributed by atoms with Crippen LogP contribution >= 0.6 is 11.3 Å². The molecule has 0 aliphatic rings. The Balaban J connectivity index is 1.56. The number of ether oxygens (including phenoxy) is 1. The van der Waals surface area contributed by atoms with Gasteiger partial charge in [0, 0.05) is 5.38 Å². The van der Waals surface area contributed by atoms with Crippen molar-refractivity contribution in [1.82, 2.24) is 4.98 Å². The molecule has 0 fully saturated rings. The summed E-state index contributed by atoms with van der Waals surface area (Å²) in [5, 5.41) is 4.57. The van der Waals surface area contributed by atoms with Gasteiger partial charge in [0.05, 0.1) is 12.1 Å². The maximum absolute atomic E-state index is 12.8. The summed E-state index contributed by atoms with van der Waals surface area (Å²) in [7, 11) is 0. The van der Waals surface area contributed by atoms with Gasteiger partial charge in [-0.1, -0.05) is 0 Å². The second kappa shape index (κ2) is 7.79. The standard InChI is InChI=1S/C17H14FN3O4S/c18-10-1-3-12(4-2-10)24-8-13-5-6-14(25-13)16(23)21-17-20-11(9-26-17)7-15(19)22/h1-6,9H,7-8H2,(H2,19,22)(H,20,21,23). The number of carbonyl (C=O) groups is 2. The number of primary amides is 1. The number of thiazole rings is 1. The number of rotatable bonds is 7. The fraction of sp³-hybridized carbons (Fsp3) is 0.118. The van der Waals surface area contributed by atoms with E-state index < -0.39 is 11.8 Å². The first-order valence-electron chi connectivity index (χ1n) is 7.51. The van der Waals surface area contributed by atoms with E-state index in [0.29, 0.717) is 22.3 Å². The number of carbonyl (C=O) groups excluding carboxylic acids is 2. The summed E-state index contributed by atoms with van der Waals surface area (Å²) >= 11 is 1.18. The summed E-state index contributed by atoms with van der Waals surface area (Å²) in [6.07, 6.45) is 0.0119. The van der Waals surface area contributed by atoms with Gasteiger partial charge in [-0.3, -0.25) is 14.9 Å². The molecule has 0 saturated heterocycles. The van der Waals surface area contributed by atoms with Crippen molar-refractivity contribution in [2.24, 2.45) is 5.73 Å². The van der Waals surface area contributed by atoms with Crippen molar-refractivity contribution in [1.29, 1.82) is 0 Å². The number of nitrogens with zero attached hydrogens (tertiary/aromatic N) is 1. The van der Waals surface area contributed by atoms with E-state index in [2.05, 4.69) is 10.3 Å². The Labute approximate surface area is 151 Å². The largest absolute Gasteiger partial charge is 0.486 e. The molecule has 26 heavy (non-hydrogen) atoms. The molecule has 2 amide bonds. The van der Waals surface area contributed by atoms with Crippen molar-refractivity contribution in [3.63, 3.8) is 0 Å². The number of nitrogens with one attached hydrogen (secondary N) is 1. The highest BCUT2D eigenvalue weighted by Crippen LogP contribution is 2.19. The van der Waals surface area contributed by atoms with Crippen molar-refractivity contribution in [3.8, 4) is 5.75 Å². The van der Waals surface area contributed by atoms with Crippen LogP contribution in [0, 0.1) is 5.82 Å². The maximum Gasteiger partial charge on any atom is 0.293 e. The summed E-state index contributed by atoms with van der Waals surface area (Å²) in [5.41, 5.74) is 5.59. The third-order valence-electron chi connectivity index (χ3n) is 3.21. The zero-order valence-corrected chi connectivity index (χ0v) is 14.2. The molecule has 0 unspecified atom stereocenters. The van der Waals surface area contributed by atoms with Crippen molar-refractivity contribution in [2.75, 3.05) is 5.32 Å². The minimum atomic E-state index is -0.495. The van der Waals surface area contributed by atoms with Crippen LogP contribution in [0.15, 0.2) is 46.2 Å². The number of anilines is 1. The van der Waals surface area contributed by atoms with Crippen molar-refractivity contribution < 1.29 is 23.1 Å². The Hall–Kier alpha value is -3.20. The Bertz CT molecular complexity index is 920. The van der Waals surface area contributed by atoms with E-state index in [9.17, 15) is 14.0 Å². The summed E-state index contributed by atoms with van der Waals surface area (Å²) in [6.45, 7) is 0.0962. The smallest absolute Gasteiger partial charge is 0.293 e. The van der Waals surface area contributed by atoms with Crippen LogP contribution in [0.1, 0.15) is 22.0 Å². The third kappa shape index (κ3) is 4.67. The summed E-state index contributed by atoms with van der Waals surface area (Å²) in [6, 6.07) is 8.69. The molecule has 3 aromatic rings. The summed E-state index contributed by atoms with van der Waals surface area (Å²) < 4.78 is 23.7. The molecule has 0 radical (unpaired) electrons. The number of benzene rings is 1. The summed E-state index contributed by atoms with van der Waals surface area (Å²) in [4.78, 5) is 27.1. The number of aromatic nitrogens is 1. The minimum absolute atomic E-state index is 0.0119.